The number of nitrogens with one attached hydrogen (secondary N) is 1. The molecule has 0 aliphatic rings. The number of carbonyl (C=O) groups excluding carboxylic acids is 2. The zero-order chi connectivity index (χ0) is 17.4. The summed E-state index contributed by atoms with van der Waals surface area (Å²) < 4.78 is 4.96. The van der Waals surface area contributed by atoms with Gasteiger partial charge >= 0.3 is 5.97 Å². The van der Waals surface area contributed by atoms with Crippen molar-refractivity contribution in [2.24, 2.45) is 0 Å². The highest BCUT2D eigenvalue weighted by molar-refractivity contribution is 6.11. The summed E-state index contributed by atoms with van der Waals surface area (Å²) in [4.78, 5) is 24.3. The van der Waals surface area contributed by atoms with Crippen LogP contribution in [0, 0.1) is 11.3 Å². The van der Waals surface area contributed by atoms with Gasteiger partial charge in [-0.2, -0.15) is 5.26 Å². The second-order valence-corrected chi connectivity index (χ2v) is 4.80. The van der Waals surface area contributed by atoms with Crippen LogP contribution in [0.5, 0.6) is 0 Å². The minimum Gasteiger partial charge on any atom is -0.462 e. The van der Waals surface area contributed by atoms with Gasteiger partial charge in [0, 0.05) is 0 Å². The molecule has 0 radical (unpaired) electrons. The number of hydrogen-bond donors (Lipinski definition) is 1. The fraction of sp³-hybridized carbons (Fsp3) is 0.105. The molecule has 2 aromatic rings. The van der Waals surface area contributed by atoms with Gasteiger partial charge in [0.2, 0.25) is 0 Å². The van der Waals surface area contributed by atoms with Gasteiger partial charge in [-0.25, -0.2) is 4.79 Å². The van der Waals surface area contributed by atoms with Crippen molar-refractivity contribution in [3.63, 3.8) is 0 Å². The Labute approximate surface area is 140 Å². The van der Waals surface area contributed by atoms with Crippen LogP contribution in [-0.4, -0.2) is 18.5 Å². The van der Waals surface area contributed by atoms with Gasteiger partial charge in [0.05, 0.1) is 17.9 Å². The molecule has 0 bridgehead atoms. The molecule has 0 atom stereocenters. The zero-order valence-corrected chi connectivity index (χ0v) is 13.2. The first-order chi connectivity index (χ1) is 11.7. The molecule has 5 nitrogen and oxygen atoms in total. The van der Waals surface area contributed by atoms with Gasteiger partial charge in [0.1, 0.15) is 11.6 Å². The van der Waals surface area contributed by atoms with Gasteiger partial charge in [-0.3, -0.25) is 4.79 Å². The van der Waals surface area contributed by atoms with Gasteiger partial charge < -0.3 is 10.1 Å². The van der Waals surface area contributed by atoms with E-state index >= 15 is 0 Å². The van der Waals surface area contributed by atoms with E-state index in [1.54, 1.807) is 43.3 Å². The number of carbonyl (C=O) groups is 2. The molecule has 2 aromatic carbocycles. The van der Waals surface area contributed by atoms with Crippen LogP contribution in [0.1, 0.15) is 22.8 Å². The van der Waals surface area contributed by atoms with Crippen molar-refractivity contribution in [3.05, 3.63) is 71.3 Å². The van der Waals surface area contributed by atoms with Crippen LogP contribution in [0.4, 0.5) is 5.69 Å². The maximum absolute atomic E-state index is 12.3. The van der Waals surface area contributed by atoms with Gasteiger partial charge in [-0.1, -0.05) is 42.5 Å². The Balaban J connectivity index is 2.25. The van der Waals surface area contributed by atoms with E-state index in [1.807, 2.05) is 24.3 Å². The average Bonchev–Trinajstić information content (AvgIpc) is 2.61. The molecule has 0 aromatic heterocycles. The second kappa shape index (κ2) is 8.30. The molecule has 5 heteroatoms. The van der Waals surface area contributed by atoms with E-state index < -0.39 is 11.9 Å². The third-order valence-corrected chi connectivity index (χ3v) is 3.15. The second-order valence-electron chi connectivity index (χ2n) is 4.80. The normalized spacial score (nSPS) is 10.6. The summed E-state index contributed by atoms with van der Waals surface area (Å²) in [5.41, 5.74) is 1.22. The van der Waals surface area contributed by atoms with Crippen LogP contribution in [0.15, 0.2) is 60.2 Å². The molecule has 1 N–H and O–H groups in total. The molecule has 0 heterocycles. The topological polar surface area (TPSA) is 79.2 Å². The average molecular weight is 320 g/mol. The molecule has 24 heavy (non-hydrogen) atoms. The summed E-state index contributed by atoms with van der Waals surface area (Å²) in [6, 6.07) is 17.4. The van der Waals surface area contributed by atoms with Crippen LogP contribution in [-0.2, 0) is 9.53 Å². The van der Waals surface area contributed by atoms with Crippen molar-refractivity contribution in [1.82, 2.24) is 0 Å². The number of hydrogen-bond acceptors (Lipinski definition) is 4. The lowest BCUT2D eigenvalue weighted by Crippen LogP contribution is -2.17. The molecule has 120 valence electrons. The van der Waals surface area contributed by atoms with E-state index in [2.05, 4.69) is 5.32 Å². The molecule has 0 unspecified atom stereocenters. The summed E-state index contributed by atoms with van der Waals surface area (Å²) in [5.74, 6) is -1.11. The minimum absolute atomic E-state index is 0.0557. The maximum atomic E-state index is 12.3. The lowest BCUT2D eigenvalue weighted by Gasteiger charge is -2.09. The lowest BCUT2D eigenvalue weighted by molar-refractivity contribution is -0.112. The zero-order valence-electron chi connectivity index (χ0n) is 13.2. The Kier molecular flexibility index (Phi) is 5.87. The summed E-state index contributed by atoms with van der Waals surface area (Å²) in [6.45, 7) is 1.94. The monoisotopic (exact) mass is 320 g/mol. The molecule has 2 rings (SSSR count). The van der Waals surface area contributed by atoms with Crippen molar-refractivity contribution in [1.29, 1.82) is 5.26 Å². The molecule has 0 aliphatic carbocycles. The van der Waals surface area contributed by atoms with Crippen LogP contribution < -0.4 is 5.32 Å². The molecule has 0 aliphatic heterocycles. The van der Waals surface area contributed by atoms with Crippen molar-refractivity contribution >= 4 is 23.6 Å². The Morgan fingerprint density at radius 2 is 1.79 bits per heavy atom. The smallest absolute Gasteiger partial charge is 0.340 e. The van der Waals surface area contributed by atoms with E-state index in [9.17, 15) is 14.9 Å². The largest absolute Gasteiger partial charge is 0.462 e. The number of amides is 1. The number of nitriles is 1. The maximum Gasteiger partial charge on any atom is 0.340 e. The van der Waals surface area contributed by atoms with Gasteiger partial charge in [0.15, 0.2) is 0 Å². The molecule has 1 amide bonds. The highest BCUT2D eigenvalue weighted by Crippen LogP contribution is 2.18. The molecule has 0 spiro atoms. The lowest BCUT2D eigenvalue weighted by atomic mass is 10.1. The Morgan fingerprint density at radius 3 is 2.46 bits per heavy atom. The van der Waals surface area contributed by atoms with Crippen LogP contribution in [0.3, 0.4) is 0 Å². The third kappa shape index (κ3) is 4.31. The first-order valence-electron chi connectivity index (χ1n) is 7.40. The molecular weight excluding hydrogens is 304 g/mol. The van der Waals surface area contributed by atoms with Crippen LogP contribution >= 0.6 is 0 Å². The van der Waals surface area contributed by atoms with Crippen LogP contribution in [0.2, 0.25) is 0 Å². The predicted octanol–water partition coefficient (Wildman–Crippen LogP) is 3.41. The Bertz CT molecular complexity index is 805. The van der Waals surface area contributed by atoms with E-state index in [1.165, 1.54) is 6.08 Å². The number of benzene rings is 2. The van der Waals surface area contributed by atoms with E-state index in [0.29, 0.717) is 5.69 Å². The van der Waals surface area contributed by atoms with Gasteiger partial charge in [-0.05, 0) is 30.7 Å². The quantitative estimate of drug-likeness (QED) is 0.520. The fourth-order valence-corrected chi connectivity index (χ4v) is 2.03. The number of ether oxygens (including phenoxy) is 1. The predicted molar refractivity (Wildman–Crippen MR) is 91.1 cm³/mol. The van der Waals surface area contributed by atoms with Crippen LogP contribution in [0.25, 0.3) is 6.08 Å². The van der Waals surface area contributed by atoms with Gasteiger partial charge in [-0.15, -0.1) is 0 Å². The summed E-state index contributed by atoms with van der Waals surface area (Å²) in [6.07, 6.45) is 1.49. The molecule has 0 saturated heterocycles. The summed E-state index contributed by atoms with van der Waals surface area (Å²) in [5, 5.41) is 11.8. The highest BCUT2D eigenvalue weighted by atomic mass is 16.5. The SMILES string of the molecule is CCOC(=O)c1ccccc1NC(=O)/C(C#N)=C/c1ccccc1. The van der Waals surface area contributed by atoms with Crippen molar-refractivity contribution < 1.29 is 14.3 Å². The number of nitrogens with zero attached hydrogens (tertiary/aromatic N) is 1. The Morgan fingerprint density at radius 1 is 1.12 bits per heavy atom. The van der Waals surface area contributed by atoms with E-state index in [-0.39, 0.29) is 17.7 Å². The summed E-state index contributed by atoms with van der Waals surface area (Å²) in [7, 11) is 0. The first-order valence-corrected chi connectivity index (χ1v) is 7.40. The number of para-hydroxylation sites is 1. The molecule has 0 saturated carbocycles. The third-order valence-electron chi connectivity index (χ3n) is 3.15. The highest BCUT2D eigenvalue weighted by Gasteiger charge is 2.16. The fourth-order valence-electron chi connectivity index (χ4n) is 2.03. The van der Waals surface area contributed by atoms with Crippen molar-refractivity contribution in [2.45, 2.75) is 6.92 Å². The number of rotatable bonds is 5. The standard InChI is InChI=1S/C19H16N2O3/c1-2-24-19(23)16-10-6-7-11-17(16)21-18(22)15(13-20)12-14-8-4-3-5-9-14/h3-12H,2H2,1H3,(H,21,22)/b15-12+. The van der Waals surface area contributed by atoms with E-state index in [4.69, 9.17) is 4.74 Å². The van der Waals surface area contributed by atoms with Gasteiger partial charge in [0.25, 0.3) is 5.91 Å². The molecule has 0 fully saturated rings. The van der Waals surface area contributed by atoms with E-state index in [0.717, 1.165) is 5.56 Å². The van der Waals surface area contributed by atoms with Crippen molar-refractivity contribution in [3.8, 4) is 6.07 Å². The Hall–Kier alpha value is -3.39. The first kappa shape index (κ1) is 17.0. The van der Waals surface area contributed by atoms with Crippen molar-refractivity contribution in [2.75, 3.05) is 11.9 Å². The summed E-state index contributed by atoms with van der Waals surface area (Å²) >= 11 is 0. The molecular formula is C19H16N2O3. The number of anilines is 1. The minimum atomic E-state index is -0.585. The number of esters is 1.